The highest BCUT2D eigenvalue weighted by Crippen LogP contribution is 2.23. The number of rotatable bonds is 7. The molecule has 2 aromatic carbocycles. The van der Waals surface area contributed by atoms with Crippen LogP contribution in [0.1, 0.15) is 24.2 Å². The molecule has 0 bridgehead atoms. The largest absolute Gasteiger partial charge is 0.497 e. The summed E-state index contributed by atoms with van der Waals surface area (Å²) in [7, 11) is 4.74. The first-order valence-electron chi connectivity index (χ1n) is 8.74. The zero-order chi connectivity index (χ0) is 20.0. The quantitative estimate of drug-likeness (QED) is 0.813. The molecule has 1 unspecified atom stereocenters. The first-order valence-corrected chi connectivity index (χ1v) is 8.74. The lowest BCUT2D eigenvalue weighted by molar-refractivity contribution is -0.121. The highest BCUT2D eigenvalue weighted by Gasteiger charge is 2.28. The summed E-state index contributed by atoms with van der Waals surface area (Å²) in [6.07, 6.45) is 0. The summed E-state index contributed by atoms with van der Waals surface area (Å²) in [5, 5.41) is 2.84. The zero-order valence-electron chi connectivity index (χ0n) is 16.4. The average molecular weight is 370 g/mol. The first kappa shape index (κ1) is 20.3. The molecule has 0 aromatic heterocycles. The number of nitrogens with zero attached hydrogens (tertiary/aromatic N) is 1. The maximum absolute atomic E-state index is 13.0. The minimum Gasteiger partial charge on any atom is -0.497 e. The Labute approximate surface area is 160 Å². The lowest BCUT2D eigenvalue weighted by Gasteiger charge is -2.27. The first-order chi connectivity index (χ1) is 12.9. The van der Waals surface area contributed by atoms with Gasteiger partial charge in [0.05, 0.1) is 14.2 Å². The Bertz CT molecular complexity index is 768. The van der Waals surface area contributed by atoms with Crippen LogP contribution in [0, 0.1) is 5.92 Å². The smallest absolute Gasteiger partial charge is 0.252 e. The van der Waals surface area contributed by atoms with Crippen molar-refractivity contribution in [3.8, 4) is 11.5 Å². The Morgan fingerprint density at radius 2 is 1.52 bits per heavy atom. The molecule has 1 atom stereocenters. The topological polar surface area (TPSA) is 67.9 Å². The Kier molecular flexibility index (Phi) is 6.82. The number of carbonyl (C=O) groups is 2. The molecule has 1 N–H and O–H groups in total. The van der Waals surface area contributed by atoms with Crippen molar-refractivity contribution >= 4 is 17.5 Å². The molecule has 6 nitrogen and oxygen atoms in total. The number of amides is 2. The summed E-state index contributed by atoms with van der Waals surface area (Å²) in [6.45, 7) is 3.79. The molecule has 0 heterocycles. The molecular weight excluding hydrogens is 344 g/mol. The minimum absolute atomic E-state index is 0.0832. The van der Waals surface area contributed by atoms with Crippen molar-refractivity contribution in [2.75, 3.05) is 26.2 Å². The van der Waals surface area contributed by atoms with Crippen LogP contribution in [0.2, 0.25) is 0 Å². The highest BCUT2D eigenvalue weighted by molar-refractivity contribution is 6.02. The van der Waals surface area contributed by atoms with Crippen LogP contribution in [-0.4, -0.2) is 39.1 Å². The number of benzene rings is 2. The lowest BCUT2D eigenvalue weighted by atomic mass is 10.0. The monoisotopic (exact) mass is 370 g/mol. The third kappa shape index (κ3) is 5.00. The van der Waals surface area contributed by atoms with Crippen molar-refractivity contribution < 1.29 is 19.1 Å². The van der Waals surface area contributed by atoms with Crippen molar-refractivity contribution in [3.63, 3.8) is 0 Å². The van der Waals surface area contributed by atoms with Crippen LogP contribution < -0.4 is 19.7 Å². The number of hydrogen-bond donors (Lipinski definition) is 1. The summed E-state index contributed by atoms with van der Waals surface area (Å²) in [4.78, 5) is 27.3. The fourth-order valence-corrected chi connectivity index (χ4v) is 2.66. The molecule has 6 heteroatoms. The van der Waals surface area contributed by atoms with Crippen molar-refractivity contribution in [2.24, 2.45) is 5.92 Å². The van der Waals surface area contributed by atoms with Gasteiger partial charge in [0.15, 0.2) is 0 Å². The molecule has 2 amide bonds. The van der Waals surface area contributed by atoms with E-state index in [0.717, 1.165) is 5.69 Å². The summed E-state index contributed by atoms with van der Waals surface area (Å²) >= 11 is 0. The zero-order valence-corrected chi connectivity index (χ0v) is 16.4. The molecule has 2 rings (SSSR count). The molecule has 0 spiro atoms. The number of nitrogens with one attached hydrogen (secondary N) is 1. The van der Waals surface area contributed by atoms with E-state index in [-0.39, 0.29) is 17.7 Å². The average Bonchev–Trinajstić information content (AvgIpc) is 2.70. The van der Waals surface area contributed by atoms with Gasteiger partial charge in [-0.3, -0.25) is 9.59 Å². The van der Waals surface area contributed by atoms with E-state index < -0.39 is 6.04 Å². The molecule has 0 aliphatic heterocycles. The Morgan fingerprint density at radius 3 is 2.00 bits per heavy atom. The van der Waals surface area contributed by atoms with Gasteiger partial charge in [0.25, 0.3) is 5.91 Å². The Balaban J connectivity index is 2.23. The number of methoxy groups -OCH3 is 2. The minimum atomic E-state index is -0.667. The van der Waals surface area contributed by atoms with Crippen LogP contribution in [0.15, 0.2) is 48.5 Å². The number of ether oxygens (including phenoxy) is 2. The van der Waals surface area contributed by atoms with Gasteiger partial charge in [-0.25, -0.2) is 0 Å². The van der Waals surface area contributed by atoms with Crippen LogP contribution in [0.5, 0.6) is 11.5 Å². The van der Waals surface area contributed by atoms with Gasteiger partial charge >= 0.3 is 0 Å². The summed E-state index contributed by atoms with van der Waals surface area (Å²) in [5.74, 6) is 0.391. The van der Waals surface area contributed by atoms with Gasteiger partial charge in [0.2, 0.25) is 5.91 Å². The van der Waals surface area contributed by atoms with E-state index >= 15 is 0 Å². The summed E-state index contributed by atoms with van der Waals surface area (Å²) < 4.78 is 10.4. The van der Waals surface area contributed by atoms with Crippen molar-refractivity contribution in [3.05, 3.63) is 54.1 Å². The van der Waals surface area contributed by atoms with Crippen LogP contribution in [-0.2, 0) is 4.79 Å². The molecule has 2 aromatic rings. The van der Waals surface area contributed by atoms with E-state index in [0.29, 0.717) is 17.1 Å². The highest BCUT2D eigenvalue weighted by atomic mass is 16.5. The predicted octanol–water partition coefficient (Wildman–Crippen LogP) is 3.12. The number of likely N-dealkylation sites (N-methyl/N-ethyl adjacent to an activating group) is 1. The number of hydrogen-bond acceptors (Lipinski definition) is 4. The number of para-hydroxylation sites is 1. The lowest BCUT2D eigenvalue weighted by Crippen LogP contribution is -2.50. The second kappa shape index (κ2) is 9.07. The molecule has 0 saturated carbocycles. The van der Waals surface area contributed by atoms with E-state index in [4.69, 9.17) is 9.47 Å². The van der Waals surface area contributed by atoms with Gasteiger partial charge in [-0.15, -0.1) is 0 Å². The fourth-order valence-electron chi connectivity index (χ4n) is 2.66. The van der Waals surface area contributed by atoms with Gasteiger partial charge in [0.1, 0.15) is 17.5 Å². The van der Waals surface area contributed by atoms with E-state index in [9.17, 15) is 9.59 Å². The van der Waals surface area contributed by atoms with Gasteiger partial charge < -0.3 is 19.7 Å². The third-order valence-corrected chi connectivity index (χ3v) is 4.31. The SMILES string of the molecule is COc1cc(OC)cc(C(=O)NC(C(=O)N(C)c2ccccc2)C(C)C)c1. The molecule has 0 aliphatic carbocycles. The molecule has 0 aliphatic rings. The van der Waals surface area contributed by atoms with Gasteiger partial charge in [-0.1, -0.05) is 32.0 Å². The second-order valence-electron chi connectivity index (χ2n) is 6.53. The Hall–Kier alpha value is -3.02. The molecular formula is C21H26N2O4. The predicted molar refractivity (Wildman–Crippen MR) is 105 cm³/mol. The van der Waals surface area contributed by atoms with Gasteiger partial charge in [-0.2, -0.15) is 0 Å². The van der Waals surface area contributed by atoms with E-state index in [2.05, 4.69) is 5.32 Å². The number of carbonyl (C=O) groups excluding carboxylic acids is 2. The van der Waals surface area contributed by atoms with Crippen LogP contribution >= 0.6 is 0 Å². The fraction of sp³-hybridized carbons (Fsp3) is 0.333. The molecule has 27 heavy (non-hydrogen) atoms. The third-order valence-electron chi connectivity index (χ3n) is 4.31. The number of anilines is 1. The van der Waals surface area contributed by atoms with E-state index in [1.807, 2.05) is 44.2 Å². The molecule has 0 fully saturated rings. The molecule has 0 saturated heterocycles. The van der Waals surface area contributed by atoms with Crippen LogP contribution in [0.25, 0.3) is 0 Å². The van der Waals surface area contributed by atoms with Crippen molar-refractivity contribution in [2.45, 2.75) is 19.9 Å². The standard InChI is InChI=1S/C21H26N2O4/c1-14(2)19(21(25)23(3)16-9-7-6-8-10-16)22-20(24)15-11-17(26-4)13-18(12-15)27-5/h6-14,19H,1-5H3,(H,22,24). The van der Waals surface area contributed by atoms with Crippen LogP contribution in [0.4, 0.5) is 5.69 Å². The normalized spacial score (nSPS) is 11.6. The second-order valence-corrected chi connectivity index (χ2v) is 6.53. The summed E-state index contributed by atoms with van der Waals surface area (Å²) in [6, 6.07) is 13.6. The Morgan fingerprint density at radius 1 is 0.963 bits per heavy atom. The van der Waals surface area contributed by atoms with Gasteiger partial charge in [0, 0.05) is 24.4 Å². The molecule has 0 radical (unpaired) electrons. The van der Waals surface area contributed by atoms with Crippen molar-refractivity contribution in [1.29, 1.82) is 0 Å². The van der Waals surface area contributed by atoms with E-state index in [1.165, 1.54) is 14.2 Å². The summed E-state index contributed by atoms with van der Waals surface area (Å²) in [5.41, 5.74) is 1.14. The van der Waals surface area contributed by atoms with Crippen molar-refractivity contribution in [1.82, 2.24) is 5.32 Å². The maximum Gasteiger partial charge on any atom is 0.252 e. The van der Waals surface area contributed by atoms with Crippen LogP contribution in [0.3, 0.4) is 0 Å². The maximum atomic E-state index is 13.0. The van der Waals surface area contributed by atoms with Gasteiger partial charge in [-0.05, 0) is 30.2 Å². The molecule has 144 valence electrons. The van der Waals surface area contributed by atoms with E-state index in [1.54, 1.807) is 30.1 Å².